The zero-order valence-electron chi connectivity index (χ0n) is 9.46. The molecule has 1 rings (SSSR count). The maximum Gasteiger partial charge on any atom is 0.405 e. The quantitative estimate of drug-likeness (QED) is 0.763. The van der Waals surface area contributed by atoms with Gasteiger partial charge in [-0.25, -0.2) is 0 Å². The lowest BCUT2D eigenvalue weighted by atomic mass is 10.1. The molecule has 0 spiro atoms. The van der Waals surface area contributed by atoms with Crippen molar-refractivity contribution < 1.29 is 13.2 Å². The second-order valence-electron chi connectivity index (χ2n) is 3.88. The molecule has 1 unspecified atom stereocenters. The lowest BCUT2D eigenvalue weighted by molar-refractivity contribution is -0.157. The van der Waals surface area contributed by atoms with Crippen molar-refractivity contribution in [3.05, 3.63) is 0 Å². The van der Waals surface area contributed by atoms with Gasteiger partial charge in [0.05, 0.1) is 6.07 Å². The van der Waals surface area contributed by atoms with Gasteiger partial charge in [-0.1, -0.05) is 0 Å². The second-order valence-corrected chi connectivity index (χ2v) is 5.11. The molecule has 1 aliphatic heterocycles. The van der Waals surface area contributed by atoms with Gasteiger partial charge in [-0.3, -0.25) is 0 Å². The molecule has 0 bridgehead atoms. The summed E-state index contributed by atoms with van der Waals surface area (Å²) >= 11 is 1.90. The van der Waals surface area contributed by atoms with E-state index in [1.807, 2.05) is 11.8 Å². The number of thioether (sulfide) groups is 1. The van der Waals surface area contributed by atoms with Gasteiger partial charge in [0.25, 0.3) is 0 Å². The highest BCUT2D eigenvalue weighted by molar-refractivity contribution is 7.99. The third-order valence-corrected chi connectivity index (χ3v) is 3.55. The lowest BCUT2D eigenvalue weighted by Crippen LogP contribution is -2.40. The normalized spacial score (nSPS) is 19.9. The standard InChI is InChI=1S/C10H16F3N3S/c11-10(12,13)9(7-14)8-15-1-2-16-3-5-17-6-4-16/h9,15H,1-6,8H2. The van der Waals surface area contributed by atoms with Crippen LogP contribution in [0.1, 0.15) is 0 Å². The van der Waals surface area contributed by atoms with Crippen molar-refractivity contribution in [2.45, 2.75) is 6.18 Å². The first-order valence-electron chi connectivity index (χ1n) is 5.51. The van der Waals surface area contributed by atoms with Crippen LogP contribution in [0.4, 0.5) is 13.2 Å². The van der Waals surface area contributed by atoms with Crippen molar-refractivity contribution in [1.29, 1.82) is 5.26 Å². The van der Waals surface area contributed by atoms with Crippen molar-refractivity contribution in [3.8, 4) is 6.07 Å². The number of nitrogens with zero attached hydrogens (tertiary/aromatic N) is 2. The molecule has 0 aliphatic carbocycles. The number of hydrogen-bond acceptors (Lipinski definition) is 4. The Morgan fingerprint density at radius 2 is 2.00 bits per heavy atom. The van der Waals surface area contributed by atoms with Crippen LogP contribution in [0.2, 0.25) is 0 Å². The average molecular weight is 267 g/mol. The SMILES string of the molecule is N#CC(CNCCN1CCSCC1)C(F)(F)F. The summed E-state index contributed by atoms with van der Waals surface area (Å²) in [6, 6.07) is 1.28. The second kappa shape index (κ2) is 7.09. The summed E-state index contributed by atoms with van der Waals surface area (Å²) in [6.45, 7) is 2.92. The van der Waals surface area contributed by atoms with E-state index in [2.05, 4.69) is 10.2 Å². The fourth-order valence-electron chi connectivity index (χ4n) is 1.54. The molecule has 0 aromatic rings. The number of hydrogen-bond donors (Lipinski definition) is 1. The molecule has 0 amide bonds. The minimum Gasteiger partial charge on any atom is -0.314 e. The minimum atomic E-state index is -4.43. The van der Waals surface area contributed by atoms with Gasteiger partial charge in [-0.2, -0.15) is 30.2 Å². The van der Waals surface area contributed by atoms with E-state index in [0.717, 1.165) is 31.1 Å². The molecule has 1 fully saturated rings. The summed E-state index contributed by atoms with van der Waals surface area (Å²) in [5.74, 6) is 0.270. The Morgan fingerprint density at radius 1 is 1.35 bits per heavy atom. The van der Waals surface area contributed by atoms with E-state index in [1.54, 1.807) is 0 Å². The van der Waals surface area contributed by atoms with Crippen LogP contribution >= 0.6 is 11.8 Å². The maximum atomic E-state index is 12.2. The minimum absolute atomic E-state index is 0.317. The molecule has 1 N–H and O–H groups in total. The van der Waals surface area contributed by atoms with E-state index in [4.69, 9.17) is 5.26 Å². The van der Waals surface area contributed by atoms with E-state index >= 15 is 0 Å². The van der Waals surface area contributed by atoms with E-state index in [1.165, 1.54) is 6.07 Å². The highest BCUT2D eigenvalue weighted by Crippen LogP contribution is 2.24. The van der Waals surface area contributed by atoms with Gasteiger partial charge in [0, 0.05) is 44.2 Å². The number of nitrogens with one attached hydrogen (secondary N) is 1. The summed E-state index contributed by atoms with van der Waals surface area (Å²) in [5.41, 5.74) is 0. The van der Waals surface area contributed by atoms with E-state index in [-0.39, 0.29) is 6.54 Å². The van der Waals surface area contributed by atoms with Gasteiger partial charge >= 0.3 is 6.18 Å². The molecule has 0 aromatic carbocycles. The molecule has 1 saturated heterocycles. The Labute approximate surface area is 103 Å². The predicted octanol–water partition coefficient (Wildman–Crippen LogP) is 1.33. The van der Waals surface area contributed by atoms with Crippen LogP contribution in [0.15, 0.2) is 0 Å². The van der Waals surface area contributed by atoms with Crippen LogP contribution in [0, 0.1) is 17.2 Å². The highest BCUT2D eigenvalue weighted by Gasteiger charge is 2.39. The van der Waals surface area contributed by atoms with Gasteiger partial charge < -0.3 is 10.2 Å². The molecule has 7 heteroatoms. The molecule has 1 aliphatic rings. The van der Waals surface area contributed by atoms with Gasteiger partial charge in [0.2, 0.25) is 0 Å². The number of rotatable bonds is 5. The van der Waals surface area contributed by atoms with Gasteiger partial charge in [-0.05, 0) is 0 Å². The fraction of sp³-hybridized carbons (Fsp3) is 0.900. The Hall–Kier alpha value is -0.450. The molecular formula is C10H16F3N3S. The van der Waals surface area contributed by atoms with Crippen molar-refractivity contribution in [2.24, 2.45) is 5.92 Å². The molecule has 3 nitrogen and oxygen atoms in total. The average Bonchev–Trinajstić information content (AvgIpc) is 2.28. The predicted molar refractivity (Wildman–Crippen MR) is 61.8 cm³/mol. The van der Waals surface area contributed by atoms with Gasteiger partial charge in [0.15, 0.2) is 5.92 Å². The molecule has 98 valence electrons. The monoisotopic (exact) mass is 267 g/mol. The van der Waals surface area contributed by atoms with Crippen LogP contribution in [-0.4, -0.2) is 55.3 Å². The third kappa shape index (κ3) is 5.61. The summed E-state index contributed by atoms with van der Waals surface area (Å²) < 4.78 is 36.7. The van der Waals surface area contributed by atoms with Crippen LogP contribution < -0.4 is 5.32 Å². The molecule has 0 radical (unpaired) electrons. The van der Waals surface area contributed by atoms with E-state index in [9.17, 15) is 13.2 Å². The Morgan fingerprint density at radius 3 is 2.53 bits per heavy atom. The first-order chi connectivity index (χ1) is 8.04. The molecule has 1 heterocycles. The molecule has 17 heavy (non-hydrogen) atoms. The van der Waals surface area contributed by atoms with Gasteiger partial charge in [0.1, 0.15) is 0 Å². The Bertz CT molecular complexity index is 259. The molecular weight excluding hydrogens is 251 g/mol. The van der Waals surface area contributed by atoms with Crippen molar-refractivity contribution >= 4 is 11.8 Å². The van der Waals surface area contributed by atoms with Crippen LogP contribution in [0.5, 0.6) is 0 Å². The Balaban J connectivity index is 2.12. The number of nitriles is 1. The van der Waals surface area contributed by atoms with Crippen molar-refractivity contribution in [1.82, 2.24) is 10.2 Å². The van der Waals surface area contributed by atoms with E-state index in [0.29, 0.717) is 6.54 Å². The smallest absolute Gasteiger partial charge is 0.314 e. The van der Waals surface area contributed by atoms with Crippen LogP contribution in [-0.2, 0) is 0 Å². The first-order valence-corrected chi connectivity index (χ1v) is 6.66. The summed E-state index contributed by atoms with van der Waals surface area (Å²) in [5, 5.41) is 11.1. The van der Waals surface area contributed by atoms with Crippen LogP contribution in [0.25, 0.3) is 0 Å². The molecule has 1 atom stereocenters. The largest absolute Gasteiger partial charge is 0.405 e. The zero-order chi connectivity index (χ0) is 12.7. The van der Waals surface area contributed by atoms with Crippen molar-refractivity contribution in [2.75, 3.05) is 44.2 Å². The fourth-order valence-corrected chi connectivity index (χ4v) is 2.52. The Kier molecular flexibility index (Phi) is 6.09. The lowest BCUT2D eigenvalue weighted by Gasteiger charge is -2.26. The van der Waals surface area contributed by atoms with Crippen LogP contribution in [0.3, 0.4) is 0 Å². The molecule has 0 saturated carbocycles. The summed E-state index contributed by atoms with van der Waals surface area (Å²) in [7, 11) is 0. The molecule has 0 aromatic heterocycles. The number of alkyl halides is 3. The highest BCUT2D eigenvalue weighted by atomic mass is 32.2. The third-order valence-electron chi connectivity index (χ3n) is 2.61. The summed E-state index contributed by atoms with van der Waals surface area (Å²) in [4.78, 5) is 2.22. The topological polar surface area (TPSA) is 39.1 Å². The zero-order valence-corrected chi connectivity index (χ0v) is 10.3. The van der Waals surface area contributed by atoms with Gasteiger partial charge in [-0.15, -0.1) is 0 Å². The van der Waals surface area contributed by atoms with E-state index < -0.39 is 12.1 Å². The first kappa shape index (κ1) is 14.6. The maximum absolute atomic E-state index is 12.2. The van der Waals surface area contributed by atoms with Crippen molar-refractivity contribution in [3.63, 3.8) is 0 Å². The number of halogens is 3. The summed E-state index contributed by atoms with van der Waals surface area (Å²) in [6.07, 6.45) is -4.43.